The molecule has 0 aromatic heterocycles. The number of halogens is 3. The number of ether oxygens (including phenoxy) is 2. The Morgan fingerprint density at radius 3 is 2.31 bits per heavy atom. The zero-order valence-electron chi connectivity index (χ0n) is 15.8. The van der Waals surface area contributed by atoms with Crippen LogP contribution in [0.2, 0.25) is 15.1 Å². The Labute approximate surface area is 184 Å². The molecule has 4 nitrogen and oxygen atoms in total. The molecule has 0 saturated carbocycles. The van der Waals surface area contributed by atoms with E-state index in [0.717, 1.165) is 5.56 Å². The van der Waals surface area contributed by atoms with Gasteiger partial charge in [-0.15, -0.1) is 0 Å². The number of anilines is 1. The van der Waals surface area contributed by atoms with Gasteiger partial charge in [-0.05, 0) is 42.8 Å². The van der Waals surface area contributed by atoms with Gasteiger partial charge in [0.2, 0.25) is 0 Å². The molecule has 150 valence electrons. The zero-order chi connectivity index (χ0) is 21.0. The molecule has 0 unspecified atom stereocenters. The second-order valence-corrected chi connectivity index (χ2v) is 7.57. The Kier molecular flexibility index (Phi) is 6.91. The number of nitrogens with one attached hydrogen (secondary N) is 1. The van der Waals surface area contributed by atoms with Crippen molar-refractivity contribution in [2.24, 2.45) is 0 Å². The molecular formula is C22H18Cl3NO3. The van der Waals surface area contributed by atoms with Gasteiger partial charge in [-0.1, -0.05) is 64.6 Å². The van der Waals surface area contributed by atoms with Crippen LogP contribution in [0.5, 0.6) is 11.5 Å². The second kappa shape index (κ2) is 9.40. The van der Waals surface area contributed by atoms with Crippen LogP contribution in [0.3, 0.4) is 0 Å². The first-order valence-corrected chi connectivity index (χ1v) is 9.83. The number of aryl methyl sites for hydroxylation is 1. The van der Waals surface area contributed by atoms with Crippen LogP contribution in [0.25, 0.3) is 0 Å². The average Bonchev–Trinajstić information content (AvgIpc) is 2.70. The van der Waals surface area contributed by atoms with Gasteiger partial charge in [-0.25, -0.2) is 0 Å². The number of amides is 1. The molecule has 0 saturated heterocycles. The fraction of sp³-hybridized carbons (Fsp3) is 0.136. The van der Waals surface area contributed by atoms with Gasteiger partial charge in [-0.2, -0.15) is 0 Å². The highest BCUT2D eigenvalue weighted by atomic mass is 35.5. The number of hydrogen-bond donors (Lipinski definition) is 1. The molecule has 0 heterocycles. The van der Waals surface area contributed by atoms with Gasteiger partial charge in [0.05, 0.1) is 22.2 Å². The van der Waals surface area contributed by atoms with Crippen LogP contribution in [0.1, 0.15) is 21.5 Å². The lowest BCUT2D eigenvalue weighted by Crippen LogP contribution is -2.12. The Balaban J connectivity index is 1.78. The van der Waals surface area contributed by atoms with Crippen molar-refractivity contribution in [3.8, 4) is 11.5 Å². The second-order valence-electron chi connectivity index (χ2n) is 6.35. The van der Waals surface area contributed by atoms with E-state index in [1.54, 1.807) is 24.3 Å². The minimum absolute atomic E-state index is 0.274. The molecular weight excluding hydrogens is 433 g/mol. The predicted molar refractivity (Wildman–Crippen MR) is 118 cm³/mol. The highest BCUT2D eigenvalue weighted by molar-refractivity contribution is 6.42. The fourth-order valence-corrected chi connectivity index (χ4v) is 3.17. The lowest BCUT2D eigenvalue weighted by molar-refractivity contribution is 0.102. The van der Waals surface area contributed by atoms with Crippen molar-refractivity contribution in [3.05, 3.63) is 86.4 Å². The Morgan fingerprint density at radius 1 is 0.931 bits per heavy atom. The van der Waals surface area contributed by atoms with E-state index in [1.807, 2.05) is 31.2 Å². The maximum atomic E-state index is 12.6. The SMILES string of the molecule is COc1cc(C(=O)Nc2ccc(Cl)c(Cl)c2)cc(Cl)c1OCc1ccc(C)cc1. The molecule has 3 aromatic rings. The average molecular weight is 451 g/mol. The molecule has 0 aliphatic rings. The van der Waals surface area contributed by atoms with Crippen molar-refractivity contribution >= 4 is 46.4 Å². The van der Waals surface area contributed by atoms with Crippen molar-refractivity contribution in [2.45, 2.75) is 13.5 Å². The van der Waals surface area contributed by atoms with E-state index in [0.29, 0.717) is 39.4 Å². The maximum Gasteiger partial charge on any atom is 0.255 e. The molecule has 0 aliphatic carbocycles. The van der Waals surface area contributed by atoms with E-state index in [-0.39, 0.29) is 10.9 Å². The molecule has 29 heavy (non-hydrogen) atoms. The van der Waals surface area contributed by atoms with Crippen LogP contribution in [-0.4, -0.2) is 13.0 Å². The highest BCUT2D eigenvalue weighted by Gasteiger charge is 2.17. The first-order valence-electron chi connectivity index (χ1n) is 8.69. The third-order valence-electron chi connectivity index (χ3n) is 4.17. The van der Waals surface area contributed by atoms with E-state index in [2.05, 4.69) is 5.32 Å². The lowest BCUT2D eigenvalue weighted by atomic mass is 10.1. The summed E-state index contributed by atoms with van der Waals surface area (Å²) in [6.45, 7) is 2.34. The lowest BCUT2D eigenvalue weighted by Gasteiger charge is -2.14. The minimum atomic E-state index is -0.367. The number of hydrogen-bond acceptors (Lipinski definition) is 3. The van der Waals surface area contributed by atoms with Gasteiger partial charge in [0.15, 0.2) is 11.5 Å². The standard InChI is InChI=1S/C22H18Cl3NO3/c1-13-3-5-14(6-4-13)12-29-21-19(25)9-15(10-20(21)28-2)22(27)26-16-7-8-17(23)18(24)11-16/h3-11H,12H2,1-2H3,(H,26,27). The largest absolute Gasteiger partial charge is 0.493 e. The molecule has 0 radical (unpaired) electrons. The maximum absolute atomic E-state index is 12.6. The smallest absolute Gasteiger partial charge is 0.255 e. The van der Waals surface area contributed by atoms with Gasteiger partial charge >= 0.3 is 0 Å². The van der Waals surface area contributed by atoms with Gasteiger partial charge in [0.1, 0.15) is 6.61 Å². The van der Waals surface area contributed by atoms with Crippen LogP contribution < -0.4 is 14.8 Å². The Hall–Kier alpha value is -2.40. The molecule has 3 aromatic carbocycles. The highest BCUT2D eigenvalue weighted by Crippen LogP contribution is 2.37. The van der Waals surface area contributed by atoms with Crippen molar-refractivity contribution < 1.29 is 14.3 Å². The minimum Gasteiger partial charge on any atom is -0.493 e. The topological polar surface area (TPSA) is 47.6 Å². The third-order valence-corrected chi connectivity index (χ3v) is 5.19. The molecule has 0 fully saturated rings. The molecule has 3 rings (SSSR count). The number of carbonyl (C=O) groups is 1. The van der Waals surface area contributed by atoms with E-state index < -0.39 is 0 Å². The molecule has 0 bridgehead atoms. The summed E-state index contributed by atoms with van der Waals surface area (Å²) in [7, 11) is 1.49. The van der Waals surface area contributed by atoms with E-state index in [4.69, 9.17) is 44.3 Å². The number of benzene rings is 3. The van der Waals surface area contributed by atoms with Crippen molar-refractivity contribution in [3.63, 3.8) is 0 Å². The van der Waals surface area contributed by atoms with Crippen molar-refractivity contribution in [2.75, 3.05) is 12.4 Å². The first kappa shape index (κ1) is 21.3. The molecule has 1 amide bonds. The molecule has 0 spiro atoms. The summed E-state index contributed by atoms with van der Waals surface area (Å²) < 4.78 is 11.2. The monoisotopic (exact) mass is 449 g/mol. The summed E-state index contributed by atoms with van der Waals surface area (Å²) in [6, 6.07) is 15.9. The van der Waals surface area contributed by atoms with Crippen LogP contribution in [0.15, 0.2) is 54.6 Å². The third kappa shape index (κ3) is 5.36. The quantitative estimate of drug-likeness (QED) is 0.449. The molecule has 7 heteroatoms. The van der Waals surface area contributed by atoms with Gasteiger partial charge in [-0.3, -0.25) is 4.79 Å². The van der Waals surface area contributed by atoms with Crippen LogP contribution in [0, 0.1) is 6.92 Å². The molecule has 0 atom stereocenters. The zero-order valence-corrected chi connectivity index (χ0v) is 18.0. The molecule has 1 N–H and O–H groups in total. The number of rotatable bonds is 6. The molecule has 0 aliphatic heterocycles. The van der Waals surface area contributed by atoms with Gasteiger partial charge < -0.3 is 14.8 Å². The van der Waals surface area contributed by atoms with E-state index in [1.165, 1.54) is 18.7 Å². The van der Waals surface area contributed by atoms with Gasteiger partial charge in [0.25, 0.3) is 5.91 Å². The van der Waals surface area contributed by atoms with Crippen molar-refractivity contribution in [1.29, 1.82) is 0 Å². The summed E-state index contributed by atoms with van der Waals surface area (Å²) in [4.78, 5) is 12.6. The summed E-state index contributed by atoms with van der Waals surface area (Å²) in [6.07, 6.45) is 0. The number of carbonyl (C=O) groups excluding carboxylic acids is 1. The summed E-state index contributed by atoms with van der Waals surface area (Å²) in [5.74, 6) is 0.374. The van der Waals surface area contributed by atoms with Crippen LogP contribution >= 0.6 is 34.8 Å². The fourth-order valence-electron chi connectivity index (χ4n) is 2.61. The summed E-state index contributed by atoms with van der Waals surface area (Å²) in [5.41, 5.74) is 3.00. The predicted octanol–water partition coefficient (Wildman–Crippen LogP) is 6.80. The van der Waals surface area contributed by atoms with Crippen LogP contribution in [0.4, 0.5) is 5.69 Å². The van der Waals surface area contributed by atoms with Crippen LogP contribution in [-0.2, 0) is 6.61 Å². The summed E-state index contributed by atoms with van der Waals surface area (Å²) in [5, 5.41) is 3.78. The van der Waals surface area contributed by atoms with E-state index >= 15 is 0 Å². The number of methoxy groups -OCH3 is 1. The van der Waals surface area contributed by atoms with Gasteiger partial charge in [0, 0.05) is 11.3 Å². The van der Waals surface area contributed by atoms with Crippen molar-refractivity contribution in [1.82, 2.24) is 0 Å². The normalized spacial score (nSPS) is 10.5. The Bertz CT molecular complexity index is 1040. The Morgan fingerprint density at radius 2 is 1.66 bits per heavy atom. The summed E-state index contributed by atoms with van der Waals surface area (Å²) >= 11 is 18.3. The first-order chi connectivity index (χ1) is 13.9. The van der Waals surface area contributed by atoms with E-state index in [9.17, 15) is 4.79 Å².